The molecule has 1 atom stereocenters. The van der Waals surface area contributed by atoms with Gasteiger partial charge >= 0.3 is 6.09 Å². The highest BCUT2D eigenvalue weighted by Gasteiger charge is 2.24. The van der Waals surface area contributed by atoms with Gasteiger partial charge in [0.15, 0.2) is 0 Å². The number of fused-ring (bicyclic) bond motifs is 1. The Morgan fingerprint density at radius 2 is 2.00 bits per heavy atom. The number of halogens is 1. The Balaban J connectivity index is 2.43. The van der Waals surface area contributed by atoms with Gasteiger partial charge in [0.1, 0.15) is 11.4 Å². The van der Waals surface area contributed by atoms with Gasteiger partial charge in [-0.15, -0.1) is 0 Å². The Hall–Kier alpha value is -2.41. The van der Waals surface area contributed by atoms with E-state index < -0.39 is 30.2 Å². The molecule has 0 bridgehead atoms. The summed E-state index contributed by atoms with van der Waals surface area (Å²) in [7, 11) is 1.45. The molecule has 7 heteroatoms. The second kappa shape index (κ2) is 7.00. The van der Waals surface area contributed by atoms with Crippen molar-refractivity contribution in [2.75, 3.05) is 13.7 Å². The number of hydrogen-bond acceptors (Lipinski definition) is 5. The third-order valence-corrected chi connectivity index (χ3v) is 3.25. The minimum absolute atomic E-state index is 0.0831. The molecular formula is C17H21FN2O4. The molecule has 0 radical (unpaired) electrons. The minimum atomic E-state index is -0.997. The number of methoxy groups -OCH3 is 1. The maximum Gasteiger partial charge on any atom is 0.408 e. The van der Waals surface area contributed by atoms with Crippen LogP contribution in [0.3, 0.4) is 0 Å². The Kier molecular flexibility index (Phi) is 5.23. The average molecular weight is 336 g/mol. The van der Waals surface area contributed by atoms with Crippen molar-refractivity contribution in [1.82, 2.24) is 10.3 Å². The molecule has 0 aliphatic rings. The van der Waals surface area contributed by atoms with Crippen LogP contribution in [0, 0.1) is 5.82 Å². The number of aliphatic hydroxyl groups is 1. The molecule has 1 aromatic carbocycles. The summed E-state index contributed by atoms with van der Waals surface area (Å²) in [6.45, 7) is 4.64. The van der Waals surface area contributed by atoms with Crippen LogP contribution >= 0.6 is 0 Å². The highest BCUT2D eigenvalue weighted by molar-refractivity contribution is 5.83. The van der Waals surface area contributed by atoms with E-state index in [1.807, 2.05) is 0 Å². The lowest BCUT2D eigenvalue weighted by Gasteiger charge is -2.23. The van der Waals surface area contributed by atoms with Gasteiger partial charge in [0.2, 0.25) is 5.88 Å². The Morgan fingerprint density at radius 1 is 1.33 bits per heavy atom. The Morgan fingerprint density at radius 3 is 2.58 bits per heavy atom. The van der Waals surface area contributed by atoms with E-state index in [9.17, 15) is 14.3 Å². The van der Waals surface area contributed by atoms with Gasteiger partial charge in [0.25, 0.3) is 0 Å². The summed E-state index contributed by atoms with van der Waals surface area (Å²) in [6.07, 6.45) is -0.749. The Bertz CT molecular complexity index is 743. The zero-order chi connectivity index (χ0) is 17.9. The normalized spacial score (nSPS) is 12.8. The summed E-state index contributed by atoms with van der Waals surface area (Å²) in [5.74, 6) is -0.276. The van der Waals surface area contributed by atoms with Gasteiger partial charge in [-0.25, -0.2) is 14.2 Å². The van der Waals surface area contributed by atoms with Gasteiger partial charge in [-0.1, -0.05) is 0 Å². The predicted molar refractivity (Wildman–Crippen MR) is 87.4 cm³/mol. The minimum Gasteiger partial charge on any atom is -0.481 e. The third kappa shape index (κ3) is 4.11. The number of carbonyl (C=O) groups is 1. The molecule has 1 unspecified atom stereocenters. The van der Waals surface area contributed by atoms with Gasteiger partial charge in [-0.3, -0.25) is 0 Å². The second-order valence-electron chi connectivity index (χ2n) is 6.27. The second-order valence-corrected chi connectivity index (χ2v) is 6.27. The maximum absolute atomic E-state index is 14.4. The van der Waals surface area contributed by atoms with Crippen molar-refractivity contribution in [2.45, 2.75) is 32.4 Å². The van der Waals surface area contributed by atoms with E-state index in [1.165, 1.54) is 13.2 Å². The Labute approximate surface area is 139 Å². The van der Waals surface area contributed by atoms with Crippen LogP contribution in [0.25, 0.3) is 10.9 Å². The number of hydrogen-bond donors (Lipinski definition) is 2. The van der Waals surface area contributed by atoms with E-state index in [2.05, 4.69) is 10.3 Å². The summed E-state index contributed by atoms with van der Waals surface area (Å²) < 4.78 is 24.6. The van der Waals surface area contributed by atoms with Crippen molar-refractivity contribution in [2.24, 2.45) is 0 Å². The van der Waals surface area contributed by atoms with Gasteiger partial charge in [0.05, 0.1) is 25.3 Å². The molecule has 0 aliphatic carbocycles. The van der Waals surface area contributed by atoms with Crippen LogP contribution in [0.4, 0.5) is 9.18 Å². The highest BCUT2D eigenvalue weighted by atomic mass is 19.1. The topological polar surface area (TPSA) is 80.7 Å². The quantitative estimate of drug-likeness (QED) is 0.897. The number of aromatic nitrogens is 1. The summed E-state index contributed by atoms with van der Waals surface area (Å²) in [5.41, 5.74) is -0.313. The molecule has 0 fully saturated rings. The van der Waals surface area contributed by atoms with Crippen LogP contribution in [-0.2, 0) is 4.74 Å². The maximum atomic E-state index is 14.4. The van der Waals surface area contributed by atoms with E-state index in [0.717, 1.165) is 0 Å². The molecule has 2 rings (SSSR count). The standard InChI is InChI=1S/C17H21FN2O4/c1-17(2,3)24-16(22)19-12(9-21)14-11(18)7-5-10-6-8-13(23-4)20-15(10)14/h5-8,12,21H,9H2,1-4H3,(H,19,22). The van der Waals surface area contributed by atoms with Gasteiger partial charge in [0, 0.05) is 17.0 Å². The number of benzene rings is 1. The number of alkyl carbamates (subject to hydrolysis) is 1. The van der Waals surface area contributed by atoms with Crippen LogP contribution in [0.2, 0.25) is 0 Å². The first-order chi connectivity index (χ1) is 11.2. The number of carbonyl (C=O) groups excluding carboxylic acids is 1. The molecule has 0 saturated heterocycles. The van der Waals surface area contributed by atoms with Crippen molar-refractivity contribution in [3.05, 3.63) is 35.6 Å². The molecule has 1 aromatic heterocycles. The SMILES string of the molecule is COc1ccc2ccc(F)c(C(CO)NC(=O)OC(C)(C)C)c2n1. The molecule has 0 spiro atoms. The fourth-order valence-electron chi connectivity index (χ4n) is 2.27. The summed E-state index contributed by atoms with van der Waals surface area (Å²) in [6, 6.07) is 5.22. The third-order valence-electron chi connectivity index (χ3n) is 3.25. The van der Waals surface area contributed by atoms with Crippen LogP contribution in [0.5, 0.6) is 5.88 Å². The molecule has 0 saturated carbocycles. The van der Waals surface area contributed by atoms with Gasteiger partial charge in [-0.05, 0) is 39.0 Å². The number of ether oxygens (including phenoxy) is 2. The van der Waals surface area contributed by atoms with E-state index in [4.69, 9.17) is 9.47 Å². The van der Waals surface area contributed by atoms with Gasteiger partial charge < -0.3 is 19.9 Å². The van der Waals surface area contributed by atoms with E-state index in [-0.39, 0.29) is 5.56 Å². The summed E-state index contributed by atoms with van der Waals surface area (Å²) >= 11 is 0. The lowest BCUT2D eigenvalue weighted by Crippen LogP contribution is -2.36. The molecule has 6 nitrogen and oxygen atoms in total. The predicted octanol–water partition coefficient (Wildman–Crippen LogP) is 2.94. The van der Waals surface area contributed by atoms with Crippen molar-refractivity contribution in [3.63, 3.8) is 0 Å². The van der Waals surface area contributed by atoms with Crippen molar-refractivity contribution >= 4 is 17.0 Å². The molecule has 24 heavy (non-hydrogen) atoms. The molecule has 0 aliphatic heterocycles. The molecular weight excluding hydrogens is 315 g/mol. The average Bonchev–Trinajstić information content (AvgIpc) is 2.50. The van der Waals surface area contributed by atoms with Crippen LogP contribution in [0.15, 0.2) is 24.3 Å². The van der Waals surface area contributed by atoms with Crippen molar-refractivity contribution in [1.29, 1.82) is 0 Å². The first-order valence-electron chi connectivity index (χ1n) is 7.48. The zero-order valence-corrected chi connectivity index (χ0v) is 14.1. The number of aliphatic hydroxyl groups excluding tert-OH is 1. The number of nitrogens with zero attached hydrogens (tertiary/aromatic N) is 1. The van der Waals surface area contributed by atoms with E-state index >= 15 is 0 Å². The smallest absolute Gasteiger partial charge is 0.408 e. The molecule has 130 valence electrons. The number of nitrogens with one attached hydrogen (secondary N) is 1. The van der Waals surface area contributed by atoms with Crippen LogP contribution in [0.1, 0.15) is 32.4 Å². The zero-order valence-electron chi connectivity index (χ0n) is 14.1. The summed E-state index contributed by atoms with van der Waals surface area (Å²) in [5, 5.41) is 12.8. The van der Waals surface area contributed by atoms with Crippen molar-refractivity contribution < 1.29 is 23.8 Å². The molecule has 1 amide bonds. The first kappa shape index (κ1) is 17.9. The highest BCUT2D eigenvalue weighted by Crippen LogP contribution is 2.28. The molecule has 2 aromatic rings. The number of pyridine rings is 1. The van der Waals surface area contributed by atoms with Gasteiger partial charge in [-0.2, -0.15) is 0 Å². The van der Waals surface area contributed by atoms with Crippen LogP contribution < -0.4 is 10.1 Å². The molecule has 1 heterocycles. The number of amides is 1. The van der Waals surface area contributed by atoms with Crippen molar-refractivity contribution in [3.8, 4) is 5.88 Å². The lowest BCUT2D eigenvalue weighted by atomic mass is 10.0. The summed E-state index contributed by atoms with van der Waals surface area (Å²) in [4.78, 5) is 16.2. The first-order valence-corrected chi connectivity index (χ1v) is 7.48. The number of rotatable bonds is 4. The molecule has 2 N–H and O–H groups in total. The van der Waals surface area contributed by atoms with Crippen LogP contribution in [-0.4, -0.2) is 35.5 Å². The van der Waals surface area contributed by atoms with E-state index in [1.54, 1.807) is 39.0 Å². The monoisotopic (exact) mass is 336 g/mol. The fourth-order valence-corrected chi connectivity index (χ4v) is 2.27. The lowest BCUT2D eigenvalue weighted by molar-refractivity contribution is 0.0481. The van der Waals surface area contributed by atoms with E-state index in [0.29, 0.717) is 16.8 Å². The fraction of sp³-hybridized carbons (Fsp3) is 0.412. The largest absolute Gasteiger partial charge is 0.481 e.